The number of nitro groups is 1. The fourth-order valence-electron chi connectivity index (χ4n) is 2.35. The quantitative estimate of drug-likeness (QED) is 0.468. The number of nitro benzene ring substituents is 1. The van der Waals surface area contributed by atoms with Gasteiger partial charge in [-0.25, -0.2) is 4.79 Å². The van der Waals surface area contributed by atoms with E-state index >= 15 is 0 Å². The van der Waals surface area contributed by atoms with Gasteiger partial charge in [-0.2, -0.15) is 0 Å². The Balaban J connectivity index is 2.16. The minimum atomic E-state index is -0.523. The van der Waals surface area contributed by atoms with Crippen molar-refractivity contribution in [3.8, 4) is 11.5 Å². The number of hydrogen-bond donors (Lipinski definition) is 2. The summed E-state index contributed by atoms with van der Waals surface area (Å²) in [4.78, 5) is 22.9. The van der Waals surface area contributed by atoms with E-state index in [4.69, 9.17) is 9.47 Å². The zero-order valence-electron chi connectivity index (χ0n) is 15.0. The molecule has 0 radical (unpaired) electrons. The standard InChI is InChI=1S/C18H20BrN3O5/c1-3-26-16-10-15(22(24)25)17(27-4-2)8-12(16)11-20-18(23)21-14-7-5-6-13(19)9-14/h5-10H,3-4,11H2,1-2H3,(H2,20,21,23). The van der Waals surface area contributed by atoms with Crippen molar-refractivity contribution in [1.29, 1.82) is 0 Å². The normalized spacial score (nSPS) is 10.2. The van der Waals surface area contributed by atoms with Gasteiger partial charge in [0.2, 0.25) is 0 Å². The Morgan fingerprint density at radius 1 is 1.15 bits per heavy atom. The van der Waals surface area contributed by atoms with Crippen LogP contribution in [-0.2, 0) is 6.54 Å². The molecule has 0 unspecified atom stereocenters. The second kappa shape index (κ2) is 9.77. The molecule has 0 saturated heterocycles. The van der Waals surface area contributed by atoms with Crippen molar-refractivity contribution in [3.63, 3.8) is 0 Å². The number of hydrogen-bond acceptors (Lipinski definition) is 5. The average molecular weight is 438 g/mol. The highest BCUT2D eigenvalue weighted by atomic mass is 79.9. The molecule has 2 aromatic carbocycles. The average Bonchev–Trinajstić information content (AvgIpc) is 2.61. The van der Waals surface area contributed by atoms with Crippen molar-refractivity contribution in [2.24, 2.45) is 0 Å². The maximum absolute atomic E-state index is 12.1. The first-order valence-corrected chi connectivity index (χ1v) is 9.11. The van der Waals surface area contributed by atoms with Crippen LogP contribution >= 0.6 is 15.9 Å². The molecule has 0 aliphatic carbocycles. The summed E-state index contributed by atoms with van der Waals surface area (Å²) < 4.78 is 11.7. The molecule has 0 aliphatic heterocycles. The minimum Gasteiger partial charge on any atom is -0.493 e. The molecule has 0 fully saturated rings. The zero-order chi connectivity index (χ0) is 19.8. The first kappa shape index (κ1) is 20.5. The van der Waals surface area contributed by atoms with Gasteiger partial charge in [-0.15, -0.1) is 0 Å². The highest BCUT2D eigenvalue weighted by Crippen LogP contribution is 2.34. The summed E-state index contributed by atoms with van der Waals surface area (Å²) >= 11 is 3.34. The lowest BCUT2D eigenvalue weighted by Gasteiger charge is -2.14. The monoisotopic (exact) mass is 437 g/mol. The number of nitrogens with one attached hydrogen (secondary N) is 2. The number of nitrogens with zero attached hydrogens (tertiary/aromatic N) is 1. The molecule has 0 aliphatic rings. The summed E-state index contributed by atoms with van der Waals surface area (Å²) in [5, 5.41) is 16.7. The Bertz CT molecular complexity index is 829. The Hall–Kier alpha value is -2.81. The summed E-state index contributed by atoms with van der Waals surface area (Å²) in [7, 11) is 0. The van der Waals surface area contributed by atoms with Gasteiger partial charge in [0, 0.05) is 22.3 Å². The van der Waals surface area contributed by atoms with E-state index in [0.717, 1.165) is 4.47 Å². The predicted octanol–water partition coefficient (Wildman–Crippen LogP) is 4.48. The molecule has 0 saturated carbocycles. The highest BCUT2D eigenvalue weighted by molar-refractivity contribution is 9.10. The van der Waals surface area contributed by atoms with E-state index in [2.05, 4.69) is 26.6 Å². The molecule has 144 valence electrons. The number of carbonyl (C=O) groups excluding carboxylic acids is 1. The first-order valence-electron chi connectivity index (χ1n) is 8.31. The van der Waals surface area contributed by atoms with Crippen molar-refractivity contribution >= 4 is 33.3 Å². The molecule has 0 bridgehead atoms. The highest BCUT2D eigenvalue weighted by Gasteiger charge is 2.20. The van der Waals surface area contributed by atoms with Crippen LogP contribution in [0.4, 0.5) is 16.2 Å². The van der Waals surface area contributed by atoms with Crippen LogP contribution in [0.2, 0.25) is 0 Å². The Morgan fingerprint density at radius 2 is 1.85 bits per heavy atom. The van der Waals surface area contributed by atoms with Crippen LogP contribution in [0.15, 0.2) is 40.9 Å². The fraction of sp³-hybridized carbons (Fsp3) is 0.278. The van der Waals surface area contributed by atoms with E-state index in [1.54, 1.807) is 32.0 Å². The largest absolute Gasteiger partial charge is 0.493 e. The van der Waals surface area contributed by atoms with E-state index in [0.29, 0.717) is 23.6 Å². The van der Waals surface area contributed by atoms with Gasteiger partial charge in [0.05, 0.1) is 24.2 Å². The van der Waals surface area contributed by atoms with E-state index < -0.39 is 11.0 Å². The molecule has 2 N–H and O–H groups in total. The number of anilines is 1. The number of rotatable bonds is 8. The van der Waals surface area contributed by atoms with E-state index in [9.17, 15) is 14.9 Å². The SMILES string of the molecule is CCOc1cc([N+](=O)[O-])c(OCC)cc1CNC(=O)Nc1cccc(Br)c1. The van der Waals surface area contributed by atoms with Gasteiger partial charge < -0.3 is 20.1 Å². The Labute approximate surface area is 165 Å². The molecule has 0 aromatic heterocycles. The van der Waals surface area contributed by atoms with Crippen LogP contribution in [0.3, 0.4) is 0 Å². The van der Waals surface area contributed by atoms with Crippen molar-refractivity contribution in [2.75, 3.05) is 18.5 Å². The van der Waals surface area contributed by atoms with Crippen molar-refractivity contribution in [2.45, 2.75) is 20.4 Å². The van der Waals surface area contributed by atoms with Crippen LogP contribution in [0.5, 0.6) is 11.5 Å². The smallest absolute Gasteiger partial charge is 0.319 e. The summed E-state index contributed by atoms with van der Waals surface area (Å²) in [5.41, 5.74) is 1.03. The third-order valence-corrected chi connectivity index (χ3v) is 3.95. The van der Waals surface area contributed by atoms with Crippen molar-refractivity contribution in [1.82, 2.24) is 5.32 Å². The number of amides is 2. The molecule has 2 aromatic rings. The van der Waals surface area contributed by atoms with Crippen LogP contribution in [0.25, 0.3) is 0 Å². The number of halogens is 1. The lowest BCUT2D eigenvalue weighted by Crippen LogP contribution is -2.28. The second-order valence-corrected chi connectivity index (χ2v) is 6.28. The van der Waals surface area contributed by atoms with Gasteiger partial charge in [0.25, 0.3) is 0 Å². The summed E-state index contributed by atoms with van der Waals surface area (Å²) in [6.45, 7) is 4.25. The van der Waals surface area contributed by atoms with Crippen molar-refractivity contribution in [3.05, 3.63) is 56.5 Å². The third kappa shape index (κ3) is 5.85. The molecule has 9 heteroatoms. The fourth-order valence-corrected chi connectivity index (χ4v) is 2.75. The molecule has 0 heterocycles. The topological polar surface area (TPSA) is 103 Å². The van der Waals surface area contributed by atoms with E-state index in [1.807, 2.05) is 6.07 Å². The number of benzene rings is 2. The van der Waals surface area contributed by atoms with Gasteiger partial charge in [0.15, 0.2) is 5.75 Å². The van der Waals surface area contributed by atoms with E-state index in [1.165, 1.54) is 12.1 Å². The van der Waals surface area contributed by atoms with Gasteiger partial charge in [0.1, 0.15) is 5.75 Å². The van der Waals surface area contributed by atoms with Crippen LogP contribution in [0.1, 0.15) is 19.4 Å². The van der Waals surface area contributed by atoms with E-state index in [-0.39, 0.29) is 24.6 Å². The van der Waals surface area contributed by atoms with Gasteiger partial charge in [-0.1, -0.05) is 22.0 Å². The molecular weight excluding hydrogens is 418 g/mol. The molecule has 2 amide bonds. The number of carbonyl (C=O) groups is 1. The maximum Gasteiger partial charge on any atom is 0.319 e. The first-order chi connectivity index (χ1) is 12.9. The van der Waals surface area contributed by atoms with Gasteiger partial charge >= 0.3 is 11.7 Å². The molecule has 2 rings (SSSR count). The third-order valence-electron chi connectivity index (χ3n) is 3.46. The van der Waals surface area contributed by atoms with Crippen LogP contribution in [0, 0.1) is 10.1 Å². The second-order valence-electron chi connectivity index (χ2n) is 5.37. The maximum atomic E-state index is 12.1. The summed E-state index contributed by atoms with van der Waals surface area (Å²) in [6.07, 6.45) is 0. The summed E-state index contributed by atoms with van der Waals surface area (Å²) in [5.74, 6) is 0.463. The molecule has 27 heavy (non-hydrogen) atoms. The lowest BCUT2D eigenvalue weighted by molar-refractivity contribution is -0.385. The molecule has 0 spiro atoms. The Kier molecular flexibility index (Phi) is 7.42. The van der Waals surface area contributed by atoms with Gasteiger partial charge in [-0.3, -0.25) is 10.1 Å². The molecule has 8 nitrogen and oxygen atoms in total. The predicted molar refractivity (Wildman–Crippen MR) is 105 cm³/mol. The molecular formula is C18H20BrN3O5. The van der Waals surface area contributed by atoms with Gasteiger partial charge in [-0.05, 0) is 38.1 Å². The number of urea groups is 1. The molecule has 0 atom stereocenters. The zero-order valence-corrected chi connectivity index (χ0v) is 16.5. The summed E-state index contributed by atoms with van der Waals surface area (Å²) in [6, 6.07) is 9.61. The number of ether oxygens (including phenoxy) is 2. The van der Waals surface area contributed by atoms with Crippen LogP contribution < -0.4 is 20.1 Å². The minimum absolute atomic E-state index is 0.118. The van der Waals surface area contributed by atoms with Crippen molar-refractivity contribution < 1.29 is 19.2 Å². The van der Waals surface area contributed by atoms with Crippen LogP contribution in [-0.4, -0.2) is 24.2 Å². The Morgan fingerprint density at radius 3 is 2.48 bits per heavy atom. The lowest BCUT2D eigenvalue weighted by atomic mass is 10.1.